The topological polar surface area (TPSA) is 83.8 Å². The van der Waals surface area contributed by atoms with E-state index in [9.17, 15) is 4.79 Å². The molecule has 7 heteroatoms. The van der Waals surface area contributed by atoms with Gasteiger partial charge in [0, 0.05) is 23.6 Å². The van der Waals surface area contributed by atoms with Gasteiger partial charge in [-0.1, -0.05) is 11.6 Å². The molecule has 3 rings (SSSR count). The fourth-order valence-electron chi connectivity index (χ4n) is 2.09. The summed E-state index contributed by atoms with van der Waals surface area (Å²) in [6.45, 7) is 2.25. The number of nitrogens with one attached hydrogen (secondary N) is 2. The van der Waals surface area contributed by atoms with Crippen LogP contribution in [0, 0.1) is 6.92 Å². The maximum Gasteiger partial charge on any atom is 0.254 e. The van der Waals surface area contributed by atoms with E-state index in [0.29, 0.717) is 41.0 Å². The smallest absolute Gasteiger partial charge is 0.254 e. The van der Waals surface area contributed by atoms with Crippen LogP contribution in [-0.4, -0.2) is 27.6 Å². The number of H-pyrrole nitrogens is 1. The molecule has 0 atom stereocenters. The number of furan rings is 1. The summed E-state index contributed by atoms with van der Waals surface area (Å²) in [6, 6.07) is 9.00. The first kappa shape index (κ1) is 15.3. The molecule has 0 radical (unpaired) electrons. The zero-order valence-electron chi connectivity index (χ0n) is 12.5. The number of nitrogens with zero attached hydrogens (tertiary/aromatic N) is 2. The third-order valence-electron chi connectivity index (χ3n) is 3.27. The van der Waals surface area contributed by atoms with Crippen molar-refractivity contribution in [3.8, 4) is 11.4 Å². The molecule has 0 aliphatic heterocycles. The van der Waals surface area contributed by atoms with Crippen LogP contribution in [0.1, 0.15) is 21.9 Å². The van der Waals surface area contributed by atoms with Crippen molar-refractivity contribution in [1.29, 1.82) is 0 Å². The highest BCUT2D eigenvalue weighted by Crippen LogP contribution is 2.17. The predicted octanol–water partition coefficient (Wildman–Crippen LogP) is 3.00. The summed E-state index contributed by atoms with van der Waals surface area (Å²) in [4.78, 5) is 16.3. The van der Waals surface area contributed by atoms with Gasteiger partial charge in [0.1, 0.15) is 17.8 Å². The standard InChI is InChI=1S/C16H15ClN4O2/c1-10-8-12(9-23-10)16(22)18-7-6-14-19-15(21-20-14)11-2-4-13(17)5-3-11/h2-5,8-9H,6-7H2,1H3,(H,18,22)(H,19,20,21). The molecular formula is C16H15ClN4O2. The average molecular weight is 331 g/mol. The van der Waals surface area contributed by atoms with Crippen molar-refractivity contribution in [1.82, 2.24) is 20.5 Å². The van der Waals surface area contributed by atoms with Crippen molar-refractivity contribution in [2.75, 3.05) is 6.54 Å². The number of aryl methyl sites for hydroxylation is 1. The molecule has 0 bridgehead atoms. The van der Waals surface area contributed by atoms with Crippen LogP contribution in [0.15, 0.2) is 41.0 Å². The van der Waals surface area contributed by atoms with Crippen molar-refractivity contribution < 1.29 is 9.21 Å². The van der Waals surface area contributed by atoms with Crippen LogP contribution in [0.3, 0.4) is 0 Å². The third-order valence-corrected chi connectivity index (χ3v) is 3.53. The third kappa shape index (κ3) is 3.78. The van der Waals surface area contributed by atoms with E-state index in [-0.39, 0.29) is 5.91 Å². The molecule has 0 saturated heterocycles. The molecular weight excluding hydrogens is 316 g/mol. The van der Waals surface area contributed by atoms with Crippen molar-refractivity contribution in [2.45, 2.75) is 13.3 Å². The summed E-state index contributed by atoms with van der Waals surface area (Å²) < 4.78 is 5.11. The molecule has 23 heavy (non-hydrogen) atoms. The highest BCUT2D eigenvalue weighted by molar-refractivity contribution is 6.30. The highest BCUT2D eigenvalue weighted by atomic mass is 35.5. The first-order valence-electron chi connectivity index (χ1n) is 7.12. The van der Waals surface area contributed by atoms with Crippen LogP contribution in [0.2, 0.25) is 5.02 Å². The maximum absolute atomic E-state index is 11.9. The Balaban J connectivity index is 1.55. The average Bonchev–Trinajstić information content (AvgIpc) is 3.17. The molecule has 0 fully saturated rings. The lowest BCUT2D eigenvalue weighted by Crippen LogP contribution is -2.25. The Hall–Kier alpha value is -2.60. The van der Waals surface area contributed by atoms with Crippen LogP contribution in [0.25, 0.3) is 11.4 Å². The van der Waals surface area contributed by atoms with Gasteiger partial charge in [0.15, 0.2) is 5.82 Å². The number of hydrogen-bond acceptors (Lipinski definition) is 4. The Labute approximate surface area is 137 Å². The zero-order chi connectivity index (χ0) is 16.2. The summed E-state index contributed by atoms with van der Waals surface area (Å²) >= 11 is 5.86. The van der Waals surface area contributed by atoms with Gasteiger partial charge in [-0.05, 0) is 37.3 Å². The fraction of sp³-hybridized carbons (Fsp3) is 0.188. The Morgan fingerprint density at radius 1 is 1.35 bits per heavy atom. The van der Waals surface area contributed by atoms with Gasteiger partial charge in [0.2, 0.25) is 0 Å². The number of halogens is 1. The van der Waals surface area contributed by atoms with E-state index >= 15 is 0 Å². The fourth-order valence-corrected chi connectivity index (χ4v) is 2.22. The van der Waals surface area contributed by atoms with Crippen molar-refractivity contribution >= 4 is 17.5 Å². The lowest BCUT2D eigenvalue weighted by Gasteiger charge is -2.00. The molecule has 1 amide bonds. The van der Waals surface area contributed by atoms with Crippen LogP contribution in [-0.2, 0) is 6.42 Å². The van der Waals surface area contributed by atoms with E-state index in [1.54, 1.807) is 25.1 Å². The van der Waals surface area contributed by atoms with E-state index in [4.69, 9.17) is 16.0 Å². The first-order valence-corrected chi connectivity index (χ1v) is 7.50. The Morgan fingerprint density at radius 2 is 2.13 bits per heavy atom. The van der Waals surface area contributed by atoms with Crippen LogP contribution < -0.4 is 5.32 Å². The maximum atomic E-state index is 11.9. The molecule has 2 heterocycles. The van der Waals surface area contributed by atoms with E-state index in [1.807, 2.05) is 12.1 Å². The van der Waals surface area contributed by atoms with Crippen LogP contribution in [0.4, 0.5) is 0 Å². The van der Waals surface area contributed by atoms with E-state index in [0.717, 1.165) is 5.56 Å². The second-order valence-electron chi connectivity index (χ2n) is 5.06. The number of carbonyl (C=O) groups is 1. The lowest BCUT2D eigenvalue weighted by molar-refractivity contribution is 0.0953. The molecule has 0 aliphatic rings. The molecule has 2 aromatic heterocycles. The highest BCUT2D eigenvalue weighted by Gasteiger charge is 2.09. The monoisotopic (exact) mass is 330 g/mol. The number of rotatable bonds is 5. The second-order valence-corrected chi connectivity index (χ2v) is 5.50. The minimum Gasteiger partial charge on any atom is -0.469 e. The summed E-state index contributed by atoms with van der Waals surface area (Å²) in [5, 5.41) is 10.5. The van der Waals surface area contributed by atoms with E-state index < -0.39 is 0 Å². The predicted molar refractivity (Wildman–Crippen MR) is 86.3 cm³/mol. The summed E-state index contributed by atoms with van der Waals surface area (Å²) in [7, 11) is 0. The number of aromatic amines is 1. The first-order chi connectivity index (χ1) is 11.1. The lowest BCUT2D eigenvalue weighted by atomic mass is 10.2. The Kier molecular flexibility index (Phi) is 4.43. The largest absolute Gasteiger partial charge is 0.469 e. The number of carbonyl (C=O) groups excluding carboxylic acids is 1. The van der Waals surface area contributed by atoms with Gasteiger partial charge in [-0.25, -0.2) is 4.98 Å². The van der Waals surface area contributed by atoms with Crippen molar-refractivity contribution in [3.63, 3.8) is 0 Å². The van der Waals surface area contributed by atoms with Crippen molar-refractivity contribution in [3.05, 3.63) is 58.8 Å². The van der Waals surface area contributed by atoms with Gasteiger partial charge in [-0.15, -0.1) is 0 Å². The van der Waals surface area contributed by atoms with Crippen LogP contribution in [0.5, 0.6) is 0 Å². The zero-order valence-corrected chi connectivity index (χ0v) is 13.2. The molecule has 6 nitrogen and oxygen atoms in total. The molecule has 118 valence electrons. The minimum atomic E-state index is -0.167. The normalized spacial score (nSPS) is 10.7. The second kappa shape index (κ2) is 6.66. The van der Waals surface area contributed by atoms with Gasteiger partial charge in [-0.2, -0.15) is 5.10 Å². The summed E-state index contributed by atoms with van der Waals surface area (Å²) in [5.74, 6) is 1.85. The Bertz CT molecular complexity index is 808. The van der Waals surface area contributed by atoms with Gasteiger partial charge in [-0.3, -0.25) is 9.89 Å². The summed E-state index contributed by atoms with van der Waals surface area (Å²) in [5.41, 5.74) is 1.40. The molecule has 3 aromatic rings. The minimum absolute atomic E-state index is 0.167. The van der Waals surface area contributed by atoms with Gasteiger partial charge in [0.05, 0.1) is 5.56 Å². The quantitative estimate of drug-likeness (QED) is 0.753. The van der Waals surface area contributed by atoms with E-state index in [2.05, 4.69) is 20.5 Å². The van der Waals surface area contributed by atoms with E-state index in [1.165, 1.54) is 6.26 Å². The number of benzene rings is 1. The summed E-state index contributed by atoms with van der Waals surface area (Å²) in [6.07, 6.45) is 2.00. The van der Waals surface area contributed by atoms with Crippen molar-refractivity contribution in [2.24, 2.45) is 0 Å². The number of hydrogen-bond donors (Lipinski definition) is 2. The molecule has 2 N–H and O–H groups in total. The number of aromatic nitrogens is 3. The molecule has 0 aliphatic carbocycles. The van der Waals surface area contributed by atoms with Crippen LogP contribution >= 0.6 is 11.6 Å². The molecule has 0 spiro atoms. The van der Waals surface area contributed by atoms with Gasteiger partial charge in [0.25, 0.3) is 5.91 Å². The van der Waals surface area contributed by atoms with Gasteiger partial charge < -0.3 is 9.73 Å². The Morgan fingerprint density at radius 3 is 2.83 bits per heavy atom. The van der Waals surface area contributed by atoms with Gasteiger partial charge >= 0.3 is 0 Å². The number of amides is 1. The molecule has 0 unspecified atom stereocenters. The molecule has 0 saturated carbocycles. The SMILES string of the molecule is Cc1cc(C(=O)NCCc2nc(-c3ccc(Cl)cc3)n[nH]2)co1. The molecule has 1 aromatic carbocycles.